The number of hydrogen-bond donors (Lipinski definition) is 2. The summed E-state index contributed by atoms with van der Waals surface area (Å²) in [6, 6.07) is 2.72. The second-order valence-electron chi connectivity index (χ2n) is 21.1. The number of pyridine rings is 1. The van der Waals surface area contributed by atoms with Crippen LogP contribution in [0.3, 0.4) is 0 Å². The lowest BCUT2D eigenvalue weighted by molar-refractivity contribution is -0.319. The molecule has 388 valence electrons. The van der Waals surface area contributed by atoms with E-state index >= 15 is 4.79 Å². The van der Waals surface area contributed by atoms with Crippen molar-refractivity contribution in [1.82, 2.24) is 24.3 Å². The minimum absolute atomic E-state index is 0.126. The Morgan fingerprint density at radius 2 is 1.61 bits per heavy atom. The molecule has 0 bridgehead atoms. The van der Waals surface area contributed by atoms with Gasteiger partial charge in [-0.1, -0.05) is 27.7 Å². The van der Waals surface area contributed by atoms with Gasteiger partial charge in [0.25, 0.3) is 0 Å². The van der Waals surface area contributed by atoms with Crippen LogP contribution in [-0.2, 0) is 54.0 Å². The van der Waals surface area contributed by atoms with Gasteiger partial charge in [-0.2, -0.15) is 0 Å². The van der Waals surface area contributed by atoms with Crippen LogP contribution in [0, 0.1) is 23.7 Å². The fourth-order valence-corrected chi connectivity index (χ4v) is 11.6. The molecule has 6 rings (SSSR count). The Bertz CT molecular complexity index is 2030. The highest BCUT2D eigenvalue weighted by molar-refractivity contribution is 5.85. The van der Waals surface area contributed by atoms with E-state index in [-0.39, 0.29) is 37.2 Å². The first-order chi connectivity index (χ1) is 32.5. The molecule has 2 aromatic rings. The molecule has 4 fully saturated rings. The normalized spacial score (nSPS) is 40.6. The standard InChI is InChI=1S/C51H81N5O13/c1-15-38-51(10)43(56(48(61)69-51)22-17-16-21-55-27-36(53-28-55)35-19-18-20-52-26-35)31(4)40(57)29(2)24-50(9,63-14)45(68-47-41(58)37(54(11)12)23-30(3)64-47)32(5)42(33(6)46(60)66-38)67-39-25-49(8,62-13)44(59)34(7)65-39/h18-20,26-34,37-39,41-45,47,58-59H,15-17,21-25H2,1-14H3/t29-,30-,31+,32+,33-,34+,37+,38-,39+,41-,42+,43-,44+,45-,47+,49-,50-,51-/m1/s1. The zero-order valence-corrected chi connectivity index (χ0v) is 43.4. The molecule has 0 radical (unpaired) electrons. The van der Waals surface area contributed by atoms with E-state index in [1.807, 2.05) is 83.4 Å². The number of carbonyl (C=O) groups is 3. The Hall–Kier alpha value is -3.59. The van der Waals surface area contributed by atoms with Crippen molar-refractivity contribution in [2.75, 3.05) is 34.9 Å². The number of Topliss-reactive ketones (excluding diaryl/α,β-unsaturated/α-hetero) is 1. The SMILES string of the molecule is CC[C@H]1OC(=O)[C@H](C)[C@@H](O[C@H]2C[C@@](C)(OC)[C@@H](O)[C@H](C)O2)[C@H](C)[C@@H](O[C@@H]2O[C@H](C)C[C@H](N(C)C)[C@H]2O)[C@](C)(OC)C[C@@H](C)C(=O)[C@H](C)[C@H]2N(CCCCn3cnc(-c4cccnc4)c3)C(=O)O[C@]12C. The number of esters is 1. The minimum Gasteiger partial charge on any atom is -0.458 e. The smallest absolute Gasteiger partial charge is 0.410 e. The third-order valence-electron chi connectivity index (χ3n) is 15.8. The number of imidazole rings is 1. The van der Waals surface area contributed by atoms with Crippen molar-refractivity contribution in [1.29, 1.82) is 0 Å². The average molecular weight is 972 g/mol. The van der Waals surface area contributed by atoms with Crippen molar-refractivity contribution >= 4 is 17.8 Å². The molecule has 18 atom stereocenters. The van der Waals surface area contributed by atoms with Crippen LogP contribution in [0.1, 0.15) is 108 Å². The summed E-state index contributed by atoms with van der Waals surface area (Å²) in [5.41, 5.74) is -2.01. The third-order valence-corrected chi connectivity index (χ3v) is 15.8. The number of cyclic esters (lactones) is 1. The molecule has 69 heavy (non-hydrogen) atoms. The third kappa shape index (κ3) is 11.5. The molecule has 0 aliphatic carbocycles. The maximum atomic E-state index is 15.1. The van der Waals surface area contributed by atoms with Gasteiger partial charge in [-0.3, -0.25) is 14.6 Å². The molecule has 0 spiro atoms. The van der Waals surface area contributed by atoms with Gasteiger partial charge in [-0.25, -0.2) is 9.78 Å². The highest BCUT2D eigenvalue weighted by Gasteiger charge is 2.61. The Labute approximate surface area is 409 Å². The predicted molar refractivity (Wildman–Crippen MR) is 254 cm³/mol. The summed E-state index contributed by atoms with van der Waals surface area (Å²) in [6.45, 7) is 19.1. The number of aryl methyl sites for hydroxylation is 1. The van der Waals surface area contributed by atoms with Gasteiger partial charge in [-0.05, 0) is 99.9 Å². The van der Waals surface area contributed by atoms with Crippen LogP contribution in [0.15, 0.2) is 37.1 Å². The van der Waals surface area contributed by atoms with E-state index in [1.165, 1.54) is 7.11 Å². The molecule has 4 saturated heterocycles. The second kappa shape index (κ2) is 22.4. The number of likely N-dealkylation sites (N-methyl/N-ethyl adjacent to an activating group) is 1. The van der Waals surface area contributed by atoms with Gasteiger partial charge in [0.2, 0.25) is 0 Å². The van der Waals surface area contributed by atoms with Crippen LogP contribution in [0.5, 0.6) is 0 Å². The molecule has 1 amide bonds. The first-order valence-electron chi connectivity index (χ1n) is 24.9. The Balaban J connectivity index is 1.36. The molecular weight excluding hydrogens is 891 g/mol. The number of carbonyl (C=O) groups excluding carboxylic acids is 3. The largest absolute Gasteiger partial charge is 0.458 e. The van der Waals surface area contributed by atoms with Gasteiger partial charge in [0, 0.05) is 81.7 Å². The van der Waals surface area contributed by atoms with Gasteiger partial charge in [-0.15, -0.1) is 0 Å². The molecule has 4 aliphatic rings. The number of ether oxygens (including phenoxy) is 8. The summed E-state index contributed by atoms with van der Waals surface area (Å²) in [5, 5.41) is 23.0. The van der Waals surface area contributed by atoms with Crippen molar-refractivity contribution in [2.45, 2.75) is 199 Å². The number of amides is 1. The number of fused-ring (bicyclic) bond motifs is 1. The van der Waals surface area contributed by atoms with Gasteiger partial charge in [0.05, 0.1) is 59.6 Å². The molecule has 4 aliphatic heterocycles. The zero-order valence-electron chi connectivity index (χ0n) is 43.4. The molecular formula is C51H81N5O13. The number of nitrogens with zero attached hydrogens (tertiary/aromatic N) is 5. The van der Waals surface area contributed by atoms with E-state index in [2.05, 4.69) is 9.97 Å². The molecule has 0 aromatic carbocycles. The number of aliphatic hydroxyl groups excluding tert-OH is 2. The maximum absolute atomic E-state index is 15.1. The number of hydrogen-bond acceptors (Lipinski definition) is 16. The highest BCUT2D eigenvalue weighted by Crippen LogP contribution is 2.45. The topological polar surface area (TPSA) is 203 Å². The summed E-state index contributed by atoms with van der Waals surface area (Å²) in [6.07, 6.45) is 1.02. The number of rotatable bonds is 14. The molecule has 18 nitrogen and oxygen atoms in total. The fraction of sp³-hybridized carbons (Fsp3) is 0.784. The minimum atomic E-state index is -1.42. The zero-order chi connectivity index (χ0) is 50.7. The van der Waals surface area contributed by atoms with Gasteiger partial charge >= 0.3 is 12.1 Å². The van der Waals surface area contributed by atoms with Gasteiger partial charge < -0.3 is 62.5 Å². The van der Waals surface area contributed by atoms with Crippen LogP contribution in [0.25, 0.3) is 11.3 Å². The summed E-state index contributed by atoms with van der Waals surface area (Å²) < 4.78 is 53.7. The Morgan fingerprint density at radius 1 is 0.913 bits per heavy atom. The summed E-state index contributed by atoms with van der Waals surface area (Å²) in [7, 11) is 6.87. The highest BCUT2D eigenvalue weighted by atomic mass is 16.7. The lowest BCUT2D eigenvalue weighted by Crippen LogP contribution is -2.61. The Kier molecular flexibility index (Phi) is 17.8. The monoisotopic (exact) mass is 972 g/mol. The van der Waals surface area contributed by atoms with Gasteiger partial charge in [0.1, 0.15) is 24.1 Å². The number of methoxy groups -OCH3 is 2. The average Bonchev–Trinajstić information content (AvgIpc) is 3.90. The Morgan fingerprint density at radius 3 is 2.25 bits per heavy atom. The second-order valence-corrected chi connectivity index (χ2v) is 21.1. The van der Waals surface area contributed by atoms with E-state index in [9.17, 15) is 19.8 Å². The number of aromatic nitrogens is 3. The summed E-state index contributed by atoms with van der Waals surface area (Å²) in [4.78, 5) is 56.6. The molecule has 2 aromatic heterocycles. The van der Waals surface area contributed by atoms with Crippen LogP contribution >= 0.6 is 0 Å². The number of unbranched alkanes of at least 4 members (excludes halogenated alkanes) is 1. The van der Waals surface area contributed by atoms with Crippen LogP contribution in [0.4, 0.5) is 4.79 Å². The quantitative estimate of drug-likeness (QED) is 0.174. The van der Waals surface area contributed by atoms with Crippen molar-refractivity contribution in [3.63, 3.8) is 0 Å². The van der Waals surface area contributed by atoms with Crippen LogP contribution < -0.4 is 0 Å². The van der Waals surface area contributed by atoms with Crippen molar-refractivity contribution < 1.29 is 62.5 Å². The van der Waals surface area contributed by atoms with Crippen LogP contribution in [-0.4, -0.2) is 171 Å². The maximum Gasteiger partial charge on any atom is 0.410 e. The van der Waals surface area contributed by atoms with E-state index in [0.717, 1.165) is 11.3 Å². The van der Waals surface area contributed by atoms with Crippen LogP contribution in [0.2, 0.25) is 0 Å². The molecule has 18 heteroatoms. The first kappa shape index (κ1) is 54.7. The molecule has 6 heterocycles. The number of aliphatic hydroxyl groups is 2. The van der Waals surface area contributed by atoms with Crippen molar-refractivity contribution in [2.24, 2.45) is 23.7 Å². The summed E-state index contributed by atoms with van der Waals surface area (Å²) >= 11 is 0. The fourth-order valence-electron chi connectivity index (χ4n) is 11.6. The lowest BCUT2D eigenvalue weighted by Gasteiger charge is -2.50. The van der Waals surface area contributed by atoms with Gasteiger partial charge in [0.15, 0.2) is 18.2 Å². The van der Waals surface area contributed by atoms with E-state index in [4.69, 9.17) is 37.9 Å². The molecule has 0 unspecified atom stereocenters. The van der Waals surface area contributed by atoms with Crippen molar-refractivity contribution in [3.05, 3.63) is 37.1 Å². The predicted octanol–water partition coefficient (Wildman–Crippen LogP) is 5.65. The van der Waals surface area contributed by atoms with E-state index in [0.29, 0.717) is 32.4 Å². The summed E-state index contributed by atoms with van der Waals surface area (Å²) in [5.74, 6) is -3.91. The molecule has 0 saturated carbocycles. The lowest BCUT2D eigenvalue weighted by atomic mass is 9.73. The van der Waals surface area contributed by atoms with E-state index < -0.39 is 108 Å². The molecule has 2 N–H and O–H groups in total. The van der Waals surface area contributed by atoms with E-state index in [1.54, 1.807) is 58.4 Å². The number of ketones is 1. The first-order valence-corrected chi connectivity index (χ1v) is 24.9. The van der Waals surface area contributed by atoms with Crippen molar-refractivity contribution in [3.8, 4) is 11.3 Å².